The Kier molecular flexibility index (Phi) is 4.63. The molecular weight excluding hydrogens is 242 g/mol. The van der Waals surface area contributed by atoms with Crippen molar-refractivity contribution in [2.75, 3.05) is 11.9 Å². The van der Waals surface area contributed by atoms with Gasteiger partial charge >= 0.3 is 6.03 Å². The molecule has 4 N–H and O–H groups in total. The Morgan fingerprint density at radius 3 is 2.84 bits per heavy atom. The Morgan fingerprint density at radius 1 is 1.47 bits per heavy atom. The Labute approximate surface area is 113 Å². The van der Waals surface area contributed by atoms with Crippen LogP contribution in [0.5, 0.6) is 5.75 Å². The van der Waals surface area contributed by atoms with Gasteiger partial charge in [-0.3, -0.25) is 0 Å². The van der Waals surface area contributed by atoms with Crippen LogP contribution in [0.2, 0.25) is 0 Å². The van der Waals surface area contributed by atoms with Crippen LogP contribution in [0.15, 0.2) is 18.2 Å². The largest absolute Gasteiger partial charge is 0.494 e. The minimum atomic E-state index is -0.156. The number of nitrogens with two attached hydrogens (primary N) is 1. The van der Waals surface area contributed by atoms with Gasteiger partial charge in [-0.1, -0.05) is 0 Å². The molecule has 19 heavy (non-hydrogen) atoms. The summed E-state index contributed by atoms with van der Waals surface area (Å²) in [5.74, 6) is 0.773. The molecule has 1 aliphatic carbocycles. The van der Waals surface area contributed by atoms with Gasteiger partial charge in [-0.15, -0.1) is 0 Å². The van der Waals surface area contributed by atoms with Gasteiger partial charge in [0.15, 0.2) is 0 Å². The second kappa shape index (κ2) is 6.43. The summed E-state index contributed by atoms with van der Waals surface area (Å²) in [4.78, 5) is 11.7. The highest BCUT2D eigenvalue weighted by atomic mass is 16.5. The molecule has 1 aromatic rings. The molecule has 1 aliphatic rings. The molecule has 1 fully saturated rings. The second-order valence-corrected chi connectivity index (χ2v) is 4.69. The van der Waals surface area contributed by atoms with Crippen molar-refractivity contribution in [3.05, 3.63) is 23.8 Å². The van der Waals surface area contributed by atoms with E-state index in [4.69, 9.17) is 10.5 Å². The van der Waals surface area contributed by atoms with Crippen LogP contribution in [0.25, 0.3) is 0 Å². The van der Waals surface area contributed by atoms with Gasteiger partial charge in [0.05, 0.1) is 6.61 Å². The summed E-state index contributed by atoms with van der Waals surface area (Å²) in [6.07, 6.45) is 3.35. The van der Waals surface area contributed by atoms with Gasteiger partial charge in [0.1, 0.15) is 5.75 Å². The summed E-state index contributed by atoms with van der Waals surface area (Å²) in [6.45, 7) is 2.91. The minimum Gasteiger partial charge on any atom is -0.494 e. The molecule has 1 saturated carbocycles. The average molecular weight is 263 g/mol. The molecule has 5 heteroatoms. The van der Waals surface area contributed by atoms with E-state index in [1.165, 1.54) is 6.42 Å². The molecule has 0 radical (unpaired) electrons. The SMILES string of the molecule is CCOc1ccc(NC(=O)NC2CCC2)cc1CN. The van der Waals surface area contributed by atoms with Crippen molar-refractivity contribution >= 4 is 11.7 Å². The maximum absolute atomic E-state index is 11.7. The van der Waals surface area contributed by atoms with Crippen LogP contribution < -0.4 is 21.1 Å². The quantitative estimate of drug-likeness (QED) is 0.762. The molecule has 2 amide bonds. The van der Waals surface area contributed by atoms with Crippen LogP contribution >= 0.6 is 0 Å². The molecule has 1 aromatic carbocycles. The first-order chi connectivity index (χ1) is 9.22. The predicted octanol–water partition coefficient (Wildman–Crippen LogP) is 2.22. The molecule has 0 aromatic heterocycles. The number of benzene rings is 1. The number of rotatable bonds is 5. The van der Waals surface area contributed by atoms with Crippen molar-refractivity contribution in [2.24, 2.45) is 5.73 Å². The molecule has 5 nitrogen and oxygen atoms in total. The molecule has 0 atom stereocenters. The number of urea groups is 1. The maximum Gasteiger partial charge on any atom is 0.319 e. The molecule has 2 rings (SSSR count). The van der Waals surface area contributed by atoms with Gasteiger partial charge in [-0.05, 0) is 44.4 Å². The van der Waals surface area contributed by atoms with E-state index in [0.717, 1.165) is 29.8 Å². The Hall–Kier alpha value is -1.75. The van der Waals surface area contributed by atoms with Crippen LogP contribution in [0.4, 0.5) is 10.5 Å². The summed E-state index contributed by atoms with van der Waals surface area (Å²) in [6, 6.07) is 5.69. The fourth-order valence-electron chi connectivity index (χ4n) is 2.02. The van der Waals surface area contributed by atoms with Gasteiger partial charge in [0.25, 0.3) is 0 Å². The standard InChI is InChI=1S/C14H21N3O2/c1-2-19-13-7-6-12(8-10(13)9-15)17-14(18)16-11-4-3-5-11/h6-8,11H,2-5,9,15H2,1H3,(H2,16,17,18). The van der Waals surface area contributed by atoms with Crippen LogP contribution in [0, 0.1) is 0 Å². The normalized spacial score (nSPS) is 14.6. The topological polar surface area (TPSA) is 76.4 Å². The van der Waals surface area contributed by atoms with Gasteiger partial charge < -0.3 is 21.1 Å². The van der Waals surface area contributed by atoms with Crippen LogP contribution in [0.1, 0.15) is 31.7 Å². The molecule has 0 saturated heterocycles. The number of amides is 2. The summed E-state index contributed by atoms with van der Waals surface area (Å²) >= 11 is 0. The highest BCUT2D eigenvalue weighted by molar-refractivity contribution is 5.89. The average Bonchev–Trinajstić information content (AvgIpc) is 2.36. The zero-order chi connectivity index (χ0) is 13.7. The molecule has 0 unspecified atom stereocenters. The van der Waals surface area contributed by atoms with Crippen molar-refractivity contribution in [3.63, 3.8) is 0 Å². The molecule has 0 aliphatic heterocycles. The van der Waals surface area contributed by atoms with Crippen LogP contribution in [-0.4, -0.2) is 18.7 Å². The zero-order valence-electron chi connectivity index (χ0n) is 11.2. The van der Waals surface area contributed by atoms with Crippen molar-refractivity contribution < 1.29 is 9.53 Å². The fourth-order valence-corrected chi connectivity index (χ4v) is 2.02. The van der Waals surface area contributed by atoms with E-state index in [0.29, 0.717) is 19.2 Å². The first-order valence-electron chi connectivity index (χ1n) is 6.76. The van der Waals surface area contributed by atoms with E-state index < -0.39 is 0 Å². The Balaban J connectivity index is 1.97. The van der Waals surface area contributed by atoms with Crippen molar-refractivity contribution in [2.45, 2.75) is 38.8 Å². The number of hydrogen-bond acceptors (Lipinski definition) is 3. The van der Waals surface area contributed by atoms with Crippen molar-refractivity contribution in [1.82, 2.24) is 5.32 Å². The number of anilines is 1. The lowest BCUT2D eigenvalue weighted by molar-refractivity contribution is 0.240. The molecule has 0 bridgehead atoms. The first kappa shape index (κ1) is 13.7. The number of nitrogens with one attached hydrogen (secondary N) is 2. The maximum atomic E-state index is 11.7. The monoisotopic (exact) mass is 263 g/mol. The predicted molar refractivity (Wildman–Crippen MR) is 75.3 cm³/mol. The van der Waals surface area contributed by atoms with Crippen LogP contribution in [0.3, 0.4) is 0 Å². The highest BCUT2D eigenvalue weighted by Gasteiger charge is 2.19. The number of carbonyl (C=O) groups excluding carboxylic acids is 1. The lowest BCUT2D eigenvalue weighted by Gasteiger charge is -2.26. The third kappa shape index (κ3) is 3.61. The van der Waals surface area contributed by atoms with E-state index in [1.54, 1.807) is 0 Å². The van der Waals surface area contributed by atoms with E-state index in [-0.39, 0.29) is 6.03 Å². The molecule has 0 heterocycles. The molecule has 0 spiro atoms. The summed E-state index contributed by atoms with van der Waals surface area (Å²) in [5.41, 5.74) is 7.31. The van der Waals surface area contributed by atoms with E-state index in [1.807, 2.05) is 25.1 Å². The van der Waals surface area contributed by atoms with E-state index >= 15 is 0 Å². The summed E-state index contributed by atoms with van der Waals surface area (Å²) in [5, 5.41) is 5.75. The Morgan fingerprint density at radius 2 is 2.26 bits per heavy atom. The first-order valence-corrected chi connectivity index (χ1v) is 6.76. The fraction of sp³-hybridized carbons (Fsp3) is 0.500. The van der Waals surface area contributed by atoms with Crippen LogP contribution in [-0.2, 0) is 6.54 Å². The summed E-state index contributed by atoms with van der Waals surface area (Å²) < 4.78 is 5.47. The third-order valence-electron chi connectivity index (χ3n) is 3.28. The highest BCUT2D eigenvalue weighted by Crippen LogP contribution is 2.23. The van der Waals surface area contributed by atoms with E-state index in [2.05, 4.69) is 10.6 Å². The van der Waals surface area contributed by atoms with Crippen molar-refractivity contribution in [3.8, 4) is 5.75 Å². The van der Waals surface area contributed by atoms with E-state index in [9.17, 15) is 4.79 Å². The third-order valence-corrected chi connectivity index (χ3v) is 3.28. The van der Waals surface area contributed by atoms with Gasteiger partial charge in [-0.25, -0.2) is 4.79 Å². The van der Waals surface area contributed by atoms with Gasteiger partial charge in [0, 0.05) is 23.8 Å². The smallest absolute Gasteiger partial charge is 0.319 e. The van der Waals surface area contributed by atoms with Gasteiger partial charge in [0.2, 0.25) is 0 Å². The summed E-state index contributed by atoms with van der Waals surface area (Å²) in [7, 11) is 0. The lowest BCUT2D eigenvalue weighted by Crippen LogP contribution is -2.41. The van der Waals surface area contributed by atoms with Gasteiger partial charge in [-0.2, -0.15) is 0 Å². The lowest BCUT2D eigenvalue weighted by atomic mass is 9.93. The number of hydrogen-bond donors (Lipinski definition) is 3. The molecule has 104 valence electrons. The second-order valence-electron chi connectivity index (χ2n) is 4.69. The zero-order valence-corrected chi connectivity index (χ0v) is 11.2. The van der Waals surface area contributed by atoms with Crippen molar-refractivity contribution in [1.29, 1.82) is 0 Å². The Bertz CT molecular complexity index is 444. The number of carbonyl (C=O) groups is 1. The minimum absolute atomic E-state index is 0.156. The molecular formula is C14H21N3O2. The number of ether oxygens (including phenoxy) is 1.